The van der Waals surface area contributed by atoms with Crippen LogP contribution in [0.4, 0.5) is 10.7 Å². The van der Waals surface area contributed by atoms with Gasteiger partial charge >= 0.3 is 5.97 Å². The molecular weight excluding hydrogens is 378 g/mol. The van der Waals surface area contributed by atoms with Crippen molar-refractivity contribution in [3.8, 4) is 0 Å². The number of nitrogens with one attached hydrogen (secondary N) is 1. The smallest absolute Gasteiger partial charge is 0.341 e. The molecule has 2 aliphatic rings. The summed E-state index contributed by atoms with van der Waals surface area (Å²) in [5.74, 6) is 0.753. The molecule has 0 aliphatic heterocycles. The number of fused-ring (bicyclic) bond motifs is 1. The maximum absolute atomic E-state index is 13.1. The zero-order valence-corrected chi connectivity index (χ0v) is 17.4. The summed E-state index contributed by atoms with van der Waals surface area (Å²) in [6.45, 7) is 2.27. The molecule has 0 bridgehead atoms. The second-order valence-corrected chi connectivity index (χ2v) is 9.00. The van der Waals surface area contributed by atoms with Gasteiger partial charge in [-0.15, -0.1) is 11.3 Å². The lowest BCUT2D eigenvalue weighted by Gasteiger charge is -2.15. The Kier molecular flexibility index (Phi) is 4.88. The molecule has 1 saturated carbocycles. The Hall–Kier alpha value is -2.59. The summed E-state index contributed by atoms with van der Waals surface area (Å²) in [5.41, 5.74) is 5.84. The predicted octanol–water partition coefficient (Wildman–Crippen LogP) is 6.43. The van der Waals surface area contributed by atoms with Crippen LogP contribution in [0.25, 0.3) is 0 Å². The van der Waals surface area contributed by atoms with Gasteiger partial charge in [0.15, 0.2) is 0 Å². The second kappa shape index (κ2) is 7.68. The third kappa shape index (κ3) is 3.58. The summed E-state index contributed by atoms with van der Waals surface area (Å²) in [5, 5.41) is 4.45. The highest BCUT2D eigenvalue weighted by Crippen LogP contribution is 2.53. The first kappa shape index (κ1) is 18.4. The standard InChI is InChI=1S/C25H25NO2S/c1-2-28-25(27)22-21(19-14-17-8-6-7-9-18(17)15-19)23(16-12-13-16)29-24(22)26-20-10-4-3-5-11-20/h3-11,16,19,26H,2,12-15H2,1H3. The Bertz CT molecular complexity index is 1010. The van der Waals surface area contributed by atoms with E-state index in [1.807, 2.05) is 37.3 Å². The summed E-state index contributed by atoms with van der Waals surface area (Å²) in [6, 6.07) is 18.8. The van der Waals surface area contributed by atoms with E-state index in [1.165, 1.54) is 34.4 Å². The topological polar surface area (TPSA) is 38.3 Å². The molecular formula is C25H25NO2S. The first-order valence-electron chi connectivity index (χ1n) is 10.5. The zero-order valence-electron chi connectivity index (χ0n) is 16.6. The van der Waals surface area contributed by atoms with Gasteiger partial charge in [0.05, 0.1) is 12.2 Å². The minimum absolute atomic E-state index is 0.194. The van der Waals surface area contributed by atoms with E-state index < -0.39 is 0 Å². The predicted molar refractivity (Wildman–Crippen MR) is 119 cm³/mol. The molecule has 0 amide bonds. The van der Waals surface area contributed by atoms with E-state index >= 15 is 0 Å². The summed E-state index contributed by atoms with van der Waals surface area (Å²) in [7, 11) is 0. The number of hydrogen-bond donors (Lipinski definition) is 1. The van der Waals surface area contributed by atoms with Crippen LogP contribution in [0.15, 0.2) is 54.6 Å². The average Bonchev–Trinajstić information content (AvgIpc) is 3.38. The first-order valence-corrected chi connectivity index (χ1v) is 11.3. The van der Waals surface area contributed by atoms with Crippen LogP contribution >= 0.6 is 11.3 Å². The van der Waals surface area contributed by atoms with E-state index in [4.69, 9.17) is 4.74 Å². The average molecular weight is 404 g/mol. The molecule has 0 saturated heterocycles. The largest absolute Gasteiger partial charge is 0.462 e. The molecule has 2 aromatic carbocycles. The van der Waals surface area contributed by atoms with Gasteiger partial charge < -0.3 is 10.1 Å². The van der Waals surface area contributed by atoms with Gasteiger partial charge in [0, 0.05) is 10.6 Å². The Morgan fingerprint density at radius 1 is 1.00 bits per heavy atom. The number of para-hydroxylation sites is 1. The van der Waals surface area contributed by atoms with E-state index in [1.54, 1.807) is 11.3 Å². The number of ether oxygens (including phenoxy) is 1. The van der Waals surface area contributed by atoms with Crippen molar-refractivity contribution in [2.45, 2.75) is 44.4 Å². The lowest BCUT2D eigenvalue weighted by atomic mass is 9.91. The SMILES string of the molecule is CCOC(=O)c1c(Nc2ccccc2)sc(C2CC2)c1C1Cc2ccccc2C1. The molecule has 3 aromatic rings. The van der Waals surface area contributed by atoms with Crippen LogP contribution < -0.4 is 5.32 Å². The van der Waals surface area contributed by atoms with E-state index in [9.17, 15) is 4.79 Å². The highest BCUT2D eigenvalue weighted by molar-refractivity contribution is 7.17. The van der Waals surface area contributed by atoms with Gasteiger partial charge in [-0.25, -0.2) is 4.79 Å². The van der Waals surface area contributed by atoms with Crippen LogP contribution in [0.1, 0.15) is 63.5 Å². The number of rotatable bonds is 6. The van der Waals surface area contributed by atoms with Crippen LogP contribution in [-0.2, 0) is 17.6 Å². The van der Waals surface area contributed by atoms with Crippen molar-refractivity contribution in [3.05, 3.63) is 81.7 Å². The lowest BCUT2D eigenvalue weighted by Crippen LogP contribution is -2.12. The van der Waals surface area contributed by atoms with Gasteiger partial charge in [-0.1, -0.05) is 42.5 Å². The fourth-order valence-electron chi connectivity index (χ4n) is 4.43. The maximum atomic E-state index is 13.1. The zero-order chi connectivity index (χ0) is 19.8. The van der Waals surface area contributed by atoms with E-state index in [2.05, 4.69) is 29.6 Å². The highest BCUT2D eigenvalue weighted by Gasteiger charge is 2.38. The van der Waals surface area contributed by atoms with Gasteiger partial charge in [-0.05, 0) is 73.3 Å². The Labute approximate surface area is 175 Å². The normalized spacial score (nSPS) is 15.9. The quantitative estimate of drug-likeness (QED) is 0.482. The molecule has 4 heteroatoms. The van der Waals surface area contributed by atoms with Crippen molar-refractivity contribution < 1.29 is 9.53 Å². The number of carbonyl (C=O) groups is 1. The summed E-state index contributed by atoms with van der Waals surface area (Å²) < 4.78 is 5.52. The first-order chi connectivity index (χ1) is 14.2. The van der Waals surface area contributed by atoms with Crippen molar-refractivity contribution in [3.63, 3.8) is 0 Å². The summed E-state index contributed by atoms with van der Waals surface area (Å²) >= 11 is 1.76. The summed E-state index contributed by atoms with van der Waals surface area (Å²) in [6.07, 6.45) is 4.45. The number of esters is 1. The number of anilines is 2. The highest BCUT2D eigenvalue weighted by atomic mass is 32.1. The molecule has 148 valence electrons. The second-order valence-electron chi connectivity index (χ2n) is 7.94. The molecule has 1 fully saturated rings. The van der Waals surface area contributed by atoms with Gasteiger partial charge in [-0.2, -0.15) is 0 Å². The molecule has 5 rings (SSSR count). The molecule has 2 aliphatic carbocycles. The van der Waals surface area contributed by atoms with Crippen molar-refractivity contribution in [1.82, 2.24) is 0 Å². The molecule has 0 unspecified atom stereocenters. The van der Waals surface area contributed by atoms with Crippen molar-refractivity contribution in [2.24, 2.45) is 0 Å². The molecule has 1 N–H and O–H groups in total. The third-order valence-corrected chi connectivity index (χ3v) is 7.18. The molecule has 29 heavy (non-hydrogen) atoms. The van der Waals surface area contributed by atoms with Crippen LogP contribution in [0.3, 0.4) is 0 Å². The molecule has 1 aromatic heterocycles. The summed E-state index contributed by atoms with van der Waals surface area (Å²) in [4.78, 5) is 14.5. The van der Waals surface area contributed by atoms with Crippen LogP contribution in [0, 0.1) is 0 Å². The molecule has 0 atom stereocenters. The Balaban J connectivity index is 1.59. The fourth-order valence-corrected chi connectivity index (χ4v) is 5.89. The monoisotopic (exact) mass is 403 g/mol. The fraction of sp³-hybridized carbons (Fsp3) is 0.320. The van der Waals surface area contributed by atoms with E-state index in [0.29, 0.717) is 18.4 Å². The molecule has 1 heterocycles. The van der Waals surface area contributed by atoms with Crippen LogP contribution in [0.2, 0.25) is 0 Å². The Morgan fingerprint density at radius 3 is 2.28 bits per heavy atom. The lowest BCUT2D eigenvalue weighted by molar-refractivity contribution is 0.0526. The van der Waals surface area contributed by atoms with Gasteiger partial charge in [0.2, 0.25) is 0 Å². The minimum atomic E-state index is -0.194. The van der Waals surface area contributed by atoms with E-state index in [-0.39, 0.29) is 5.97 Å². The van der Waals surface area contributed by atoms with Gasteiger partial charge in [0.25, 0.3) is 0 Å². The van der Waals surface area contributed by atoms with E-state index in [0.717, 1.165) is 29.1 Å². The number of carbonyl (C=O) groups excluding carboxylic acids is 1. The molecule has 0 radical (unpaired) electrons. The molecule has 3 nitrogen and oxygen atoms in total. The number of thiophene rings is 1. The Morgan fingerprint density at radius 2 is 1.66 bits per heavy atom. The number of benzene rings is 2. The number of hydrogen-bond acceptors (Lipinski definition) is 4. The third-order valence-electron chi connectivity index (χ3n) is 5.89. The maximum Gasteiger partial charge on any atom is 0.341 e. The van der Waals surface area contributed by atoms with Crippen LogP contribution in [-0.4, -0.2) is 12.6 Å². The van der Waals surface area contributed by atoms with Gasteiger partial charge in [-0.3, -0.25) is 0 Å². The van der Waals surface area contributed by atoms with Crippen LogP contribution in [0.5, 0.6) is 0 Å². The van der Waals surface area contributed by atoms with Crippen molar-refractivity contribution in [1.29, 1.82) is 0 Å². The van der Waals surface area contributed by atoms with Crippen molar-refractivity contribution >= 4 is 28.0 Å². The minimum Gasteiger partial charge on any atom is -0.462 e. The van der Waals surface area contributed by atoms with Gasteiger partial charge in [0.1, 0.15) is 5.00 Å². The molecule has 0 spiro atoms. The van der Waals surface area contributed by atoms with Crippen molar-refractivity contribution in [2.75, 3.05) is 11.9 Å².